The molecule has 2 aromatic carbocycles. The summed E-state index contributed by atoms with van der Waals surface area (Å²) in [7, 11) is 0. The number of ether oxygens (including phenoxy) is 1. The number of amidine groups is 1. The zero-order chi connectivity index (χ0) is 19.7. The van der Waals surface area contributed by atoms with Crippen LogP contribution in [0.15, 0.2) is 63.5 Å². The molecule has 2 N–H and O–H groups in total. The molecule has 0 unspecified atom stereocenters. The molecule has 0 spiro atoms. The van der Waals surface area contributed by atoms with Crippen molar-refractivity contribution in [1.82, 2.24) is 0 Å². The molecule has 140 valence electrons. The summed E-state index contributed by atoms with van der Waals surface area (Å²) in [5, 5.41) is 2.31. The Morgan fingerprint density at radius 1 is 1.11 bits per heavy atom. The van der Waals surface area contributed by atoms with Crippen molar-refractivity contribution >= 4 is 35.2 Å². The predicted octanol–water partition coefficient (Wildman–Crippen LogP) is 4.30. The van der Waals surface area contributed by atoms with E-state index < -0.39 is 6.36 Å². The molecule has 27 heavy (non-hydrogen) atoms. The highest BCUT2D eigenvalue weighted by molar-refractivity contribution is 7.78. The number of thiocarbonyl (C=S) groups is 1. The lowest BCUT2D eigenvalue weighted by Gasteiger charge is -2.08. The minimum atomic E-state index is -4.73. The topological polar surface area (TPSA) is 72.3 Å². The Kier molecular flexibility index (Phi) is 7.22. The highest BCUT2D eigenvalue weighted by atomic mass is 32.1. The van der Waals surface area contributed by atoms with Gasteiger partial charge < -0.3 is 10.5 Å². The van der Waals surface area contributed by atoms with Crippen LogP contribution in [-0.2, 0) is 6.42 Å². The zero-order valence-electron chi connectivity index (χ0n) is 14.0. The number of benzene rings is 2. The predicted molar refractivity (Wildman–Crippen MR) is 102 cm³/mol. The van der Waals surface area contributed by atoms with Crippen LogP contribution in [0.3, 0.4) is 0 Å². The van der Waals surface area contributed by atoms with Crippen molar-refractivity contribution in [3.05, 3.63) is 59.7 Å². The molecular weight excluding hydrogens is 377 g/mol. The SMILES string of the molecule is NC(=NC=Nc1ccc(OC(F)(F)F)cc1)c1ccc(CCN=C=S)cc1. The Bertz CT molecular complexity index is 856. The fraction of sp³-hybridized carbons (Fsp3) is 0.167. The fourth-order valence-electron chi connectivity index (χ4n) is 2.04. The van der Waals surface area contributed by atoms with Gasteiger partial charge in [0.2, 0.25) is 0 Å². The third-order valence-electron chi connectivity index (χ3n) is 3.30. The van der Waals surface area contributed by atoms with Gasteiger partial charge in [0.05, 0.1) is 17.4 Å². The number of isothiocyanates is 1. The van der Waals surface area contributed by atoms with E-state index in [9.17, 15) is 13.2 Å². The van der Waals surface area contributed by atoms with Crippen molar-refractivity contribution in [1.29, 1.82) is 0 Å². The first-order valence-electron chi connectivity index (χ1n) is 7.72. The third kappa shape index (κ3) is 7.39. The number of alkyl halides is 3. The number of nitrogens with zero attached hydrogens (tertiary/aromatic N) is 3. The van der Waals surface area contributed by atoms with Gasteiger partial charge in [0.25, 0.3) is 0 Å². The summed E-state index contributed by atoms with van der Waals surface area (Å²) in [6.45, 7) is 0.575. The molecule has 0 aromatic heterocycles. The van der Waals surface area contributed by atoms with Crippen molar-refractivity contribution in [3.63, 3.8) is 0 Å². The summed E-state index contributed by atoms with van der Waals surface area (Å²) in [5.74, 6) is -0.0555. The molecule has 0 heterocycles. The van der Waals surface area contributed by atoms with Crippen LogP contribution in [0.25, 0.3) is 0 Å². The molecule has 9 heteroatoms. The van der Waals surface area contributed by atoms with Gasteiger partial charge in [-0.1, -0.05) is 24.3 Å². The number of rotatable bonds is 7. The number of nitrogens with two attached hydrogens (primary N) is 1. The first-order chi connectivity index (χ1) is 12.9. The van der Waals surface area contributed by atoms with Crippen LogP contribution in [0.2, 0.25) is 0 Å². The summed E-state index contributed by atoms with van der Waals surface area (Å²) < 4.78 is 40.1. The molecule has 0 saturated carbocycles. The number of hydrogen-bond acceptors (Lipinski definition) is 4. The molecule has 0 aliphatic carbocycles. The molecule has 0 fully saturated rings. The van der Waals surface area contributed by atoms with Crippen LogP contribution < -0.4 is 10.5 Å². The van der Waals surface area contributed by atoms with Gasteiger partial charge in [0.15, 0.2) is 0 Å². The Hall–Kier alpha value is -3.03. The normalized spacial score (nSPS) is 12.0. The second-order valence-electron chi connectivity index (χ2n) is 5.22. The number of hydrogen-bond donors (Lipinski definition) is 1. The Labute approximate surface area is 159 Å². The first-order valence-corrected chi connectivity index (χ1v) is 8.13. The molecule has 2 rings (SSSR count). The minimum absolute atomic E-state index is 0.263. The van der Waals surface area contributed by atoms with Crippen molar-refractivity contribution in [2.24, 2.45) is 20.7 Å². The van der Waals surface area contributed by atoms with Crippen LogP contribution in [0, 0.1) is 0 Å². The first kappa shape index (κ1) is 20.3. The lowest BCUT2D eigenvalue weighted by Crippen LogP contribution is -2.16. The maximum atomic E-state index is 12.1. The van der Waals surface area contributed by atoms with E-state index in [0.29, 0.717) is 12.2 Å². The highest BCUT2D eigenvalue weighted by Crippen LogP contribution is 2.24. The van der Waals surface area contributed by atoms with Gasteiger partial charge in [0.1, 0.15) is 17.9 Å². The highest BCUT2D eigenvalue weighted by Gasteiger charge is 2.30. The van der Waals surface area contributed by atoms with Gasteiger partial charge >= 0.3 is 6.36 Å². The molecule has 0 atom stereocenters. The van der Waals surface area contributed by atoms with Crippen LogP contribution in [0.5, 0.6) is 5.75 Å². The summed E-state index contributed by atoms with van der Waals surface area (Å²) in [5.41, 5.74) is 8.11. The monoisotopic (exact) mass is 392 g/mol. The summed E-state index contributed by atoms with van der Waals surface area (Å²) in [6.07, 6.45) is -2.75. The van der Waals surface area contributed by atoms with Crippen molar-refractivity contribution in [3.8, 4) is 5.75 Å². The zero-order valence-corrected chi connectivity index (χ0v) is 14.8. The van der Waals surface area contributed by atoms with E-state index in [2.05, 4.69) is 37.1 Å². The van der Waals surface area contributed by atoms with E-state index in [1.54, 1.807) is 0 Å². The quantitative estimate of drug-likeness (QED) is 0.434. The van der Waals surface area contributed by atoms with Crippen molar-refractivity contribution < 1.29 is 17.9 Å². The summed E-state index contributed by atoms with van der Waals surface area (Å²) in [6, 6.07) is 12.6. The lowest BCUT2D eigenvalue weighted by molar-refractivity contribution is -0.274. The van der Waals surface area contributed by atoms with Crippen LogP contribution >= 0.6 is 12.2 Å². The average molecular weight is 392 g/mol. The Morgan fingerprint density at radius 2 is 1.78 bits per heavy atom. The van der Waals surface area contributed by atoms with E-state index in [1.807, 2.05) is 24.3 Å². The van der Waals surface area contributed by atoms with Gasteiger partial charge in [-0.2, -0.15) is 0 Å². The minimum Gasteiger partial charge on any atom is -0.406 e. The molecule has 0 bridgehead atoms. The molecule has 0 amide bonds. The van der Waals surface area contributed by atoms with Gasteiger partial charge in [-0.25, -0.2) is 15.0 Å². The number of aliphatic imine (C=N–C) groups is 3. The van der Waals surface area contributed by atoms with E-state index in [4.69, 9.17) is 5.73 Å². The van der Waals surface area contributed by atoms with E-state index in [1.165, 1.54) is 30.6 Å². The standard InChI is InChI=1S/C18H15F3N4OS/c19-18(20,21)26-16-7-5-15(6-8-16)24-11-25-17(22)14-3-1-13(2-4-14)9-10-23-12-27/h1-8,11H,9-10H2,(H2,22,24,25). The summed E-state index contributed by atoms with van der Waals surface area (Å²) >= 11 is 4.51. The molecule has 0 saturated heterocycles. The molecule has 5 nitrogen and oxygen atoms in total. The van der Waals surface area contributed by atoms with Gasteiger partial charge in [-0.3, -0.25) is 0 Å². The van der Waals surface area contributed by atoms with Crippen LogP contribution in [0.1, 0.15) is 11.1 Å². The maximum absolute atomic E-state index is 12.1. The third-order valence-corrected chi connectivity index (χ3v) is 3.43. The van der Waals surface area contributed by atoms with E-state index >= 15 is 0 Å². The smallest absolute Gasteiger partial charge is 0.406 e. The Morgan fingerprint density at radius 3 is 2.37 bits per heavy atom. The van der Waals surface area contributed by atoms with Gasteiger partial charge in [-0.05, 0) is 48.5 Å². The van der Waals surface area contributed by atoms with Gasteiger partial charge in [-0.15, -0.1) is 13.2 Å². The van der Waals surface area contributed by atoms with Crippen molar-refractivity contribution in [2.45, 2.75) is 12.8 Å². The van der Waals surface area contributed by atoms with Crippen molar-refractivity contribution in [2.75, 3.05) is 6.54 Å². The molecule has 2 aromatic rings. The van der Waals surface area contributed by atoms with Gasteiger partial charge in [0, 0.05) is 5.56 Å². The molecule has 0 aliphatic heterocycles. The second-order valence-corrected chi connectivity index (χ2v) is 5.40. The lowest BCUT2D eigenvalue weighted by atomic mass is 10.1. The van der Waals surface area contributed by atoms with Crippen LogP contribution in [0.4, 0.5) is 18.9 Å². The fourth-order valence-corrected chi connectivity index (χ4v) is 2.13. The Balaban J connectivity index is 1.96. The molecular formula is C18H15F3N4OS. The molecule has 0 radical (unpaired) electrons. The molecule has 0 aliphatic rings. The average Bonchev–Trinajstić information content (AvgIpc) is 2.63. The summed E-state index contributed by atoms with van der Waals surface area (Å²) in [4.78, 5) is 11.9. The maximum Gasteiger partial charge on any atom is 0.573 e. The second kappa shape index (κ2) is 9.61. The number of halogens is 3. The largest absolute Gasteiger partial charge is 0.573 e. The van der Waals surface area contributed by atoms with Crippen LogP contribution in [-0.4, -0.2) is 30.2 Å². The van der Waals surface area contributed by atoms with E-state index in [0.717, 1.165) is 17.5 Å². The van der Waals surface area contributed by atoms with E-state index in [-0.39, 0.29) is 11.6 Å².